The average molecular weight is 115 g/mol. The highest BCUT2D eigenvalue weighted by Gasteiger charge is 1.74. The van der Waals surface area contributed by atoms with Crippen LogP contribution in [0.2, 0.25) is 0 Å². The highest BCUT2D eigenvalue weighted by molar-refractivity contribution is 4.55. The van der Waals surface area contributed by atoms with Gasteiger partial charge in [0.2, 0.25) is 0 Å². The molecule has 0 aromatic carbocycles. The summed E-state index contributed by atoms with van der Waals surface area (Å²) in [6.45, 7) is 6.50. The highest BCUT2D eigenvalue weighted by atomic mass is 15.6. The lowest BCUT2D eigenvalue weighted by Gasteiger charge is -2.02. The topological polar surface area (TPSA) is 36.1 Å². The van der Waals surface area contributed by atoms with Crippen LogP contribution in [0.4, 0.5) is 0 Å². The van der Waals surface area contributed by atoms with Crippen LogP contribution in [0.5, 0.6) is 0 Å². The van der Waals surface area contributed by atoms with Crippen LogP contribution in [0.3, 0.4) is 0 Å². The van der Waals surface area contributed by atoms with Crippen molar-refractivity contribution >= 4 is 0 Å². The van der Waals surface area contributed by atoms with E-state index in [1.54, 1.807) is 6.20 Å². The van der Waals surface area contributed by atoms with Crippen LogP contribution in [0.25, 0.3) is 0 Å². The first-order valence-electron chi connectivity index (χ1n) is 2.76. The van der Waals surface area contributed by atoms with Crippen molar-refractivity contribution in [2.45, 2.75) is 13.3 Å². The van der Waals surface area contributed by atoms with Gasteiger partial charge in [0.05, 0.1) is 0 Å². The van der Waals surface area contributed by atoms with Crippen LogP contribution in [0.1, 0.15) is 13.3 Å². The molecule has 0 radical (unpaired) electrons. The minimum atomic E-state index is 0.959. The van der Waals surface area contributed by atoms with Crippen LogP contribution < -0.4 is 16.4 Å². The van der Waals surface area contributed by atoms with Crippen molar-refractivity contribution in [2.75, 3.05) is 6.54 Å². The maximum Gasteiger partial charge on any atom is 0.0114 e. The fraction of sp³-hybridized carbons (Fsp3) is 0.600. The van der Waals surface area contributed by atoms with Crippen molar-refractivity contribution in [3.05, 3.63) is 12.8 Å². The Morgan fingerprint density at radius 3 is 2.88 bits per heavy atom. The molecule has 3 heteroatoms. The van der Waals surface area contributed by atoms with Gasteiger partial charge < -0.3 is 5.43 Å². The van der Waals surface area contributed by atoms with Crippen molar-refractivity contribution in [2.24, 2.45) is 0 Å². The standard InChI is InChI=1S/C5H13N3/c1-3-5-7-8-6-4-2/h4,6-8H,2-3,5H2,1H3. The van der Waals surface area contributed by atoms with Gasteiger partial charge in [0.25, 0.3) is 0 Å². The zero-order valence-electron chi connectivity index (χ0n) is 5.20. The second kappa shape index (κ2) is 6.46. The molecule has 0 spiro atoms. The molecule has 0 amide bonds. The Hall–Kier alpha value is -0.540. The summed E-state index contributed by atoms with van der Waals surface area (Å²) in [5, 5.41) is 0. The van der Waals surface area contributed by atoms with E-state index in [0.29, 0.717) is 0 Å². The molecule has 0 bridgehead atoms. The molecule has 8 heavy (non-hydrogen) atoms. The zero-order valence-corrected chi connectivity index (χ0v) is 5.20. The average Bonchev–Trinajstić information content (AvgIpc) is 1.81. The van der Waals surface area contributed by atoms with Crippen molar-refractivity contribution in [3.8, 4) is 0 Å². The molecule has 0 unspecified atom stereocenters. The van der Waals surface area contributed by atoms with Gasteiger partial charge >= 0.3 is 0 Å². The molecule has 0 saturated carbocycles. The Labute approximate surface area is 50.1 Å². The third kappa shape index (κ3) is 5.46. The summed E-state index contributed by atoms with van der Waals surface area (Å²) in [4.78, 5) is 0. The molecule has 3 N–H and O–H groups in total. The number of hydrogen-bond donors (Lipinski definition) is 3. The van der Waals surface area contributed by atoms with Crippen LogP contribution in [-0.2, 0) is 0 Å². The Bertz CT molecular complexity index is 53.6. The maximum atomic E-state index is 3.44. The lowest BCUT2D eigenvalue weighted by molar-refractivity contribution is 0.487. The van der Waals surface area contributed by atoms with Gasteiger partial charge in [-0.3, -0.25) is 0 Å². The summed E-state index contributed by atoms with van der Waals surface area (Å²) in [5.41, 5.74) is 8.31. The summed E-state index contributed by atoms with van der Waals surface area (Å²) in [6, 6.07) is 0. The van der Waals surface area contributed by atoms with Gasteiger partial charge in [-0.1, -0.05) is 13.5 Å². The van der Waals surface area contributed by atoms with E-state index in [9.17, 15) is 0 Å². The minimum Gasteiger partial charge on any atom is -0.316 e. The number of hydrogen-bond acceptors (Lipinski definition) is 3. The predicted molar refractivity (Wildman–Crippen MR) is 34.8 cm³/mol. The van der Waals surface area contributed by atoms with Gasteiger partial charge in [-0.15, -0.1) is 0 Å². The molecule has 3 nitrogen and oxygen atoms in total. The van der Waals surface area contributed by atoms with Crippen LogP contribution in [-0.4, -0.2) is 6.54 Å². The summed E-state index contributed by atoms with van der Waals surface area (Å²) in [6.07, 6.45) is 2.69. The Balaban J connectivity index is 2.62. The summed E-state index contributed by atoms with van der Waals surface area (Å²) in [5.74, 6) is 0. The number of hydrazine groups is 2. The molecule has 0 aliphatic carbocycles. The smallest absolute Gasteiger partial charge is 0.0114 e. The Morgan fingerprint density at radius 2 is 2.38 bits per heavy atom. The van der Waals surface area contributed by atoms with Gasteiger partial charge in [0.15, 0.2) is 0 Å². The molecular formula is C5H13N3. The number of rotatable bonds is 5. The first-order chi connectivity index (χ1) is 3.91. The molecule has 48 valence electrons. The highest BCUT2D eigenvalue weighted by Crippen LogP contribution is 1.63. The first kappa shape index (κ1) is 7.46. The fourth-order valence-electron chi connectivity index (χ4n) is 0.290. The van der Waals surface area contributed by atoms with E-state index in [4.69, 9.17) is 0 Å². The summed E-state index contributed by atoms with van der Waals surface area (Å²) < 4.78 is 0. The van der Waals surface area contributed by atoms with Gasteiger partial charge in [-0.2, -0.15) is 5.53 Å². The molecule has 0 heterocycles. The molecule has 0 saturated heterocycles. The Kier molecular flexibility index (Phi) is 6.02. The molecule has 0 aromatic rings. The van der Waals surface area contributed by atoms with Crippen molar-refractivity contribution < 1.29 is 0 Å². The Morgan fingerprint density at radius 1 is 1.62 bits per heavy atom. The quantitative estimate of drug-likeness (QED) is 0.352. The van der Waals surface area contributed by atoms with E-state index in [-0.39, 0.29) is 0 Å². The van der Waals surface area contributed by atoms with E-state index < -0.39 is 0 Å². The maximum absolute atomic E-state index is 3.44. The van der Waals surface area contributed by atoms with Gasteiger partial charge in [-0.25, -0.2) is 5.43 Å². The molecule has 0 aliphatic rings. The predicted octanol–water partition coefficient (Wildman–Crippen LogP) is 0.139. The SMILES string of the molecule is C=CNNNCCC. The van der Waals surface area contributed by atoms with Crippen molar-refractivity contribution in [1.29, 1.82) is 0 Å². The van der Waals surface area contributed by atoms with Gasteiger partial charge in [0, 0.05) is 12.7 Å². The van der Waals surface area contributed by atoms with Crippen LogP contribution in [0, 0.1) is 0 Å². The van der Waals surface area contributed by atoms with E-state index in [2.05, 4.69) is 29.9 Å². The second-order valence-electron chi connectivity index (χ2n) is 1.40. The zero-order chi connectivity index (χ0) is 6.24. The monoisotopic (exact) mass is 115 g/mol. The molecule has 0 aliphatic heterocycles. The molecule has 0 atom stereocenters. The first-order valence-corrected chi connectivity index (χ1v) is 2.76. The second-order valence-corrected chi connectivity index (χ2v) is 1.40. The molecule has 0 rings (SSSR count). The largest absolute Gasteiger partial charge is 0.316 e. The third-order valence-corrected chi connectivity index (χ3v) is 0.638. The molecule has 0 fully saturated rings. The lowest BCUT2D eigenvalue weighted by atomic mass is 10.5. The fourth-order valence-corrected chi connectivity index (χ4v) is 0.290. The number of nitrogens with one attached hydrogen (secondary N) is 3. The van der Waals surface area contributed by atoms with E-state index >= 15 is 0 Å². The molecule has 0 aromatic heterocycles. The molecular weight excluding hydrogens is 102 g/mol. The van der Waals surface area contributed by atoms with E-state index in [1.165, 1.54) is 0 Å². The van der Waals surface area contributed by atoms with Gasteiger partial charge in [0.1, 0.15) is 0 Å². The lowest BCUT2D eigenvalue weighted by Crippen LogP contribution is -2.40. The summed E-state index contributed by atoms with van der Waals surface area (Å²) in [7, 11) is 0. The van der Waals surface area contributed by atoms with Crippen LogP contribution in [0.15, 0.2) is 12.8 Å². The normalized spacial score (nSPS) is 8.62. The minimum absolute atomic E-state index is 0.959. The van der Waals surface area contributed by atoms with E-state index in [1.807, 2.05) is 0 Å². The summed E-state index contributed by atoms with van der Waals surface area (Å²) >= 11 is 0. The van der Waals surface area contributed by atoms with Gasteiger partial charge in [-0.05, 0) is 6.42 Å². The third-order valence-electron chi connectivity index (χ3n) is 0.638. The van der Waals surface area contributed by atoms with Crippen molar-refractivity contribution in [1.82, 2.24) is 16.4 Å². The van der Waals surface area contributed by atoms with Crippen LogP contribution >= 0.6 is 0 Å². The van der Waals surface area contributed by atoms with E-state index in [0.717, 1.165) is 13.0 Å². The van der Waals surface area contributed by atoms with Crippen molar-refractivity contribution in [3.63, 3.8) is 0 Å².